The van der Waals surface area contributed by atoms with Crippen LogP contribution in [0.25, 0.3) is 21.3 Å². The molecule has 1 saturated heterocycles. The molecule has 2 saturated carbocycles. The maximum Gasteiger partial charge on any atom is 0.229 e. The molecule has 1 aromatic carbocycles. The number of hydrogen-bond donors (Lipinski definition) is 2. The van der Waals surface area contributed by atoms with Crippen LogP contribution in [0.1, 0.15) is 37.9 Å². The van der Waals surface area contributed by atoms with Crippen molar-refractivity contribution in [2.45, 2.75) is 63.1 Å². The number of thiazole rings is 1. The Hall–Kier alpha value is -2.53. The van der Waals surface area contributed by atoms with Crippen molar-refractivity contribution in [2.75, 3.05) is 18.4 Å². The minimum absolute atomic E-state index is 0.00539. The molecule has 2 atom stereocenters. The van der Waals surface area contributed by atoms with Crippen molar-refractivity contribution in [3.05, 3.63) is 36.4 Å². The summed E-state index contributed by atoms with van der Waals surface area (Å²) in [4.78, 5) is 28.1. The summed E-state index contributed by atoms with van der Waals surface area (Å²) in [6.07, 6.45) is 6.55. The predicted molar refractivity (Wildman–Crippen MR) is 131 cm³/mol. The molecule has 1 amide bonds. The van der Waals surface area contributed by atoms with Gasteiger partial charge in [-0.3, -0.25) is 9.69 Å². The van der Waals surface area contributed by atoms with Crippen molar-refractivity contribution in [3.8, 4) is 11.1 Å². The lowest BCUT2D eigenvalue weighted by atomic mass is 9.77. The van der Waals surface area contributed by atoms with Crippen molar-refractivity contribution in [1.29, 1.82) is 0 Å². The molecule has 3 aliphatic rings. The number of aliphatic hydroxyl groups is 1. The van der Waals surface area contributed by atoms with E-state index in [9.17, 15) is 14.3 Å². The Morgan fingerprint density at radius 3 is 2.71 bits per heavy atom. The summed E-state index contributed by atoms with van der Waals surface area (Å²) in [6.45, 7) is 1.30. The molecule has 35 heavy (non-hydrogen) atoms. The van der Waals surface area contributed by atoms with E-state index in [-0.39, 0.29) is 24.5 Å². The second kappa shape index (κ2) is 9.50. The van der Waals surface area contributed by atoms with Crippen LogP contribution in [0.3, 0.4) is 0 Å². The second-order valence-corrected chi connectivity index (χ2v) is 10.8. The highest BCUT2D eigenvalue weighted by atomic mass is 32.1. The minimum atomic E-state index is -0.703. The van der Waals surface area contributed by atoms with Gasteiger partial charge < -0.3 is 15.2 Å². The standard InChI is InChI=1S/C25H28FN5O3S/c26-17-11-31(12-17)18-6-15(7-18)24(33)30-25-29-19-5-4-14(8-22(19)35-25)16-9-27-23(28-10-16)13-34-21-3-1-2-20(21)32/h4-5,8-10,15,17-18,20-21,32H,1-3,6-7,11-13H2,(H,29,30,33)/t15?,18?,20-,21-/m0/s1. The van der Waals surface area contributed by atoms with E-state index < -0.39 is 12.3 Å². The van der Waals surface area contributed by atoms with Crippen LogP contribution in [0.4, 0.5) is 9.52 Å². The zero-order chi connectivity index (χ0) is 23.9. The Morgan fingerprint density at radius 1 is 1.20 bits per heavy atom. The maximum absolute atomic E-state index is 13.0. The molecular formula is C25H28FN5O3S. The minimum Gasteiger partial charge on any atom is -0.390 e. The van der Waals surface area contributed by atoms with Crippen molar-refractivity contribution in [3.63, 3.8) is 0 Å². The molecule has 0 radical (unpaired) electrons. The summed E-state index contributed by atoms with van der Waals surface area (Å²) in [7, 11) is 0. The lowest BCUT2D eigenvalue weighted by Crippen LogP contribution is -2.58. The van der Waals surface area contributed by atoms with Gasteiger partial charge in [-0.15, -0.1) is 0 Å². The van der Waals surface area contributed by atoms with Crippen molar-refractivity contribution < 1.29 is 19.0 Å². The van der Waals surface area contributed by atoms with Gasteiger partial charge in [-0.05, 0) is 49.8 Å². The summed E-state index contributed by atoms with van der Waals surface area (Å²) in [5, 5.41) is 13.4. The highest BCUT2D eigenvalue weighted by Gasteiger charge is 2.42. The SMILES string of the molecule is O=C(Nc1nc2ccc(-c3cnc(CO[C@H]4CCC[C@@H]4O)nc3)cc2s1)C1CC(N2CC(F)C2)C1. The monoisotopic (exact) mass is 497 g/mol. The molecule has 184 valence electrons. The number of aliphatic hydroxyl groups excluding tert-OH is 1. The molecule has 0 unspecified atom stereocenters. The zero-order valence-corrected chi connectivity index (χ0v) is 20.1. The van der Waals surface area contributed by atoms with Gasteiger partial charge in [-0.2, -0.15) is 0 Å². The fraction of sp³-hybridized carbons (Fsp3) is 0.520. The molecule has 2 aliphatic carbocycles. The van der Waals surface area contributed by atoms with Gasteiger partial charge in [-0.1, -0.05) is 17.4 Å². The molecule has 6 rings (SSSR count). The molecule has 1 aliphatic heterocycles. The van der Waals surface area contributed by atoms with Gasteiger partial charge in [0, 0.05) is 43.0 Å². The number of carbonyl (C=O) groups is 1. The molecule has 0 bridgehead atoms. The average Bonchev–Trinajstić information content (AvgIpc) is 3.40. The van der Waals surface area contributed by atoms with Crippen molar-refractivity contribution in [2.24, 2.45) is 5.92 Å². The van der Waals surface area contributed by atoms with Crippen LogP contribution in [0.5, 0.6) is 0 Å². The zero-order valence-electron chi connectivity index (χ0n) is 19.3. The van der Waals surface area contributed by atoms with Crippen LogP contribution < -0.4 is 5.32 Å². The lowest BCUT2D eigenvalue weighted by molar-refractivity contribution is -0.126. The third-order valence-electron chi connectivity index (χ3n) is 7.37. The number of benzene rings is 1. The quantitative estimate of drug-likeness (QED) is 0.515. The van der Waals surface area contributed by atoms with E-state index >= 15 is 0 Å². The van der Waals surface area contributed by atoms with E-state index in [1.165, 1.54) is 11.3 Å². The van der Waals surface area contributed by atoms with E-state index in [2.05, 4.69) is 25.2 Å². The van der Waals surface area contributed by atoms with E-state index in [1.54, 1.807) is 12.4 Å². The van der Waals surface area contributed by atoms with Crippen molar-refractivity contribution >= 4 is 32.6 Å². The summed E-state index contributed by atoms with van der Waals surface area (Å²) in [5.41, 5.74) is 2.69. The Kier molecular flexibility index (Phi) is 6.21. The van der Waals surface area contributed by atoms with Gasteiger partial charge in [0.05, 0.1) is 22.4 Å². The van der Waals surface area contributed by atoms with Crippen LogP contribution in [-0.2, 0) is 16.1 Å². The van der Waals surface area contributed by atoms with Crippen LogP contribution in [0.15, 0.2) is 30.6 Å². The fourth-order valence-corrected chi connectivity index (χ4v) is 5.99. The summed E-state index contributed by atoms with van der Waals surface area (Å²) in [6, 6.07) is 6.28. The highest BCUT2D eigenvalue weighted by Crippen LogP contribution is 2.36. The number of aromatic nitrogens is 3. The second-order valence-electron chi connectivity index (χ2n) is 9.80. The van der Waals surface area contributed by atoms with E-state index in [0.29, 0.717) is 30.1 Å². The van der Waals surface area contributed by atoms with Crippen LogP contribution in [0, 0.1) is 5.92 Å². The number of halogens is 1. The first-order valence-electron chi connectivity index (χ1n) is 12.2. The van der Waals surface area contributed by atoms with Gasteiger partial charge in [0.1, 0.15) is 12.8 Å². The number of alkyl halides is 1. The number of hydrogen-bond acceptors (Lipinski definition) is 8. The molecule has 3 heterocycles. The molecule has 8 nitrogen and oxygen atoms in total. The van der Waals surface area contributed by atoms with Crippen LogP contribution in [-0.4, -0.2) is 68.4 Å². The average molecular weight is 498 g/mol. The van der Waals surface area contributed by atoms with Crippen molar-refractivity contribution in [1.82, 2.24) is 19.9 Å². The molecular weight excluding hydrogens is 469 g/mol. The number of ether oxygens (including phenoxy) is 1. The summed E-state index contributed by atoms with van der Waals surface area (Å²) >= 11 is 1.45. The maximum atomic E-state index is 13.0. The fourth-order valence-electron chi connectivity index (χ4n) is 5.08. The number of fused-ring (bicyclic) bond motifs is 1. The van der Waals surface area contributed by atoms with Gasteiger partial charge in [0.15, 0.2) is 11.0 Å². The topological polar surface area (TPSA) is 100 Å². The number of anilines is 1. The van der Waals surface area contributed by atoms with Crippen LogP contribution in [0.2, 0.25) is 0 Å². The number of nitrogens with zero attached hydrogens (tertiary/aromatic N) is 4. The highest BCUT2D eigenvalue weighted by molar-refractivity contribution is 7.22. The molecule has 3 fully saturated rings. The Bertz CT molecular complexity index is 1210. The number of rotatable bonds is 7. The predicted octanol–water partition coefficient (Wildman–Crippen LogP) is 3.55. The van der Waals surface area contributed by atoms with E-state index in [0.717, 1.165) is 53.4 Å². The molecule has 3 aromatic rings. The normalized spacial score (nSPS) is 27.0. The first-order valence-corrected chi connectivity index (χ1v) is 13.0. The van der Waals surface area contributed by atoms with Gasteiger partial charge >= 0.3 is 0 Å². The molecule has 2 aromatic heterocycles. The first-order chi connectivity index (χ1) is 17.0. The Labute approximate surface area is 206 Å². The lowest BCUT2D eigenvalue weighted by Gasteiger charge is -2.47. The number of amides is 1. The van der Waals surface area contributed by atoms with E-state index in [1.807, 2.05) is 18.2 Å². The Morgan fingerprint density at radius 2 is 2.00 bits per heavy atom. The van der Waals surface area contributed by atoms with Gasteiger partial charge in [-0.25, -0.2) is 19.3 Å². The molecule has 10 heteroatoms. The van der Waals surface area contributed by atoms with E-state index in [4.69, 9.17) is 4.74 Å². The molecule has 0 spiro atoms. The van der Waals surface area contributed by atoms with Gasteiger partial charge in [0.25, 0.3) is 0 Å². The largest absolute Gasteiger partial charge is 0.390 e. The third kappa shape index (κ3) is 4.80. The van der Waals surface area contributed by atoms with Gasteiger partial charge in [0.2, 0.25) is 5.91 Å². The first kappa shape index (κ1) is 22.9. The summed E-state index contributed by atoms with van der Waals surface area (Å²) < 4.78 is 19.8. The number of nitrogens with one attached hydrogen (secondary N) is 1. The number of likely N-dealkylation sites (tertiary alicyclic amines) is 1. The summed E-state index contributed by atoms with van der Waals surface area (Å²) in [5.74, 6) is 0.556. The smallest absolute Gasteiger partial charge is 0.229 e. The molecule has 2 N–H and O–H groups in total. The Balaban J connectivity index is 1.06. The number of carbonyl (C=O) groups excluding carboxylic acids is 1. The third-order valence-corrected chi connectivity index (χ3v) is 8.30. The van der Waals surface area contributed by atoms with Crippen LogP contribution >= 0.6 is 11.3 Å².